The minimum absolute atomic E-state index is 0.0321. The van der Waals surface area contributed by atoms with Crippen molar-refractivity contribution in [2.75, 3.05) is 19.0 Å². The van der Waals surface area contributed by atoms with Gasteiger partial charge in [0.25, 0.3) is 0 Å². The highest BCUT2D eigenvalue weighted by atomic mass is 79.9. The summed E-state index contributed by atoms with van der Waals surface area (Å²) in [6.07, 6.45) is 4.58. The number of halogens is 2. The van der Waals surface area contributed by atoms with Crippen molar-refractivity contribution in [3.05, 3.63) is 76.1 Å². The van der Waals surface area contributed by atoms with Crippen LogP contribution in [-0.4, -0.2) is 29.5 Å². The molecule has 0 saturated heterocycles. The number of ether oxygens (including phenoxy) is 2. The molecule has 1 atom stereocenters. The summed E-state index contributed by atoms with van der Waals surface area (Å²) in [6, 6.07) is 13.9. The Bertz CT molecular complexity index is 1450. The lowest BCUT2D eigenvalue weighted by Gasteiger charge is -2.15. The third kappa shape index (κ3) is 8.42. The third-order valence-electron chi connectivity index (χ3n) is 5.89. The van der Waals surface area contributed by atoms with Crippen molar-refractivity contribution < 1.29 is 18.7 Å². The molecule has 0 aliphatic rings. The predicted molar refractivity (Wildman–Crippen MR) is 162 cm³/mol. The summed E-state index contributed by atoms with van der Waals surface area (Å²) in [5.74, 6) is 2.01. The van der Waals surface area contributed by atoms with Crippen LogP contribution in [0.5, 0.6) is 17.2 Å². The molecule has 0 aliphatic carbocycles. The Kier molecular flexibility index (Phi) is 10.8. The van der Waals surface area contributed by atoms with Gasteiger partial charge >= 0.3 is 0 Å². The maximum Gasteiger partial charge on any atom is 0.216 e. The highest BCUT2D eigenvalue weighted by Gasteiger charge is 2.17. The summed E-state index contributed by atoms with van der Waals surface area (Å²) in [5.41, 5.74) is 0.980. The molecule has 0 fully saturated rings. The quantitative estimate of drug-likeness (QED) is 0.151. The molecule has 4 rings (SSSR count). The van der Waals surface area contributed by atoms with Gasteiger partial charge in [-0.2, -0.15) is 0 Å². The van der Waals surface area contributed by atoms with Crippen molar-refractivity contribution in [3.8, 4) is 17.2 Å². The number of nitrogens with one attached hydrogen (secondary N) is 2. The van der Waals surface area contributed by atoms with Gasteiger partial charge in [-0.1, -0.05) is 31.2 Å². The zero-order valence-corrected chi connectivity index (χ0v) is 25.6. The van der Waals surface area contributed by atoms with Gasteiger partial charge < -0.3 is 20.1 Å². The normalized spacial score (nSPS) is 11.6. The Balaban J connectivity index is 1.59. The molecule has 210 valence electrons. The third-order valence-corrected chi connectivity index (χ3v) is 8.23. The number of hydrogen-bond donors (Lipinski definition) is 2. The first kappa shape index (κ1) is 29.8. The maximum atomic E-state index is 13.7. The second kappa shape index (κ2) is 14.5. The first-order valence-electron chi connectivity index (χ1n) is 12.8. The average molecular weight is 646 g/mol. The SMILES string of the molecule is CCCC(CCNC(C)=O)c1csc(Nc2ncc(Sc3cccc(OC)c3)cc2Oc2ccc(F)cc2Br)n1. The van der Waals surface area contributed by atoms with Crippen LogP contribution in [0.3, 0.4) is 0 Å². The minimum atomic E-state index is -0.367. The molecule has 0 spiro atoms. The summed E-state index contributed by atoms with van der Waals surface area (Å²) in [4.78, 5) is 22.6. The zero-order chi connectivity index (χ0) is 28.5. The molecular formula is C29H30BrFN4O3S2. The lowest BCUT2D eigenvalue weighted by molar-refractivity contribution is -0.118. The molecule has 2 aromatic heterocycles. The fraction of sp³-hybridized carbons (Fsp3) is 0.276. The van der Waals surface area contributed by atoms with Crippen LogP contribution in [-0.2, 0) is 4.79 Å². The number of thiazole rings is 1. The lowest BCUT2D eigenvalue weighted by atomic mass is 9.97. The van der Waals surface area contributed by atoms with E-state index >= 15 is 0 Å². The van der Waals surface area contributed by atoms with E-state index in [9.17, 15) is 9.18 Å². The number of aromatic nitrogens is 2. The number of methoxy groups -OCH3 is 1. The standard InChI is InChI=1S/C29H30BrFN4O3S2/c1-4-6-19(11-12-32-18(2)36)25-17-39-29(34-25)35-28-27(38-26-10-9-20(31)13-24(26)30)15-23(16-33-28)40-22-8-5-7-21(14-22)37-3/h5,7-10,13-17,19H,4,6,11-12H2,1-3H3,(H,32,36)(H,33,34,35). The number of carbonyl (C=O) groups excluding carboxylic acids is 1. The van der Waals surface area contributed by atoms with Gasteiger partial charge in [-0.15, -0.1) is 11.3 Å². The van der Waals surface area contributed by atoms with E-state index in [1.165, 1.54) is 42.2 Å². The summed E-state index contributed by atoms with van der Waals surface area (Å²) in [7, 11) is 1.63. The van der Waals surface area contributed by atoms with E-state index in [1.54, 1.807) is 19.4 Å². The molecule has 0 aliphatic heterocycles. The Hall–Kier alpha value is -3.15. The van der Waals surface area contributed by atoms with Gasteiger partial charge in [0.1, 0.15) is 17.3 Å². The molecule has 7 nitrogen and oxygen atoms in total. The molecule has 40 heavy (non-hydrogen) atoms. The Morgan fingerprint density at radius 2 is 2.00 bits per heavy atom. The van der Waals surface area contributed by atoms with Crippen LogP contribution in [0.4, 0.5) is 15.3 Å². The van der Waals surface area contributed by atoms with Crippen molar-refractivity contribution in [2.24, 2.45) is 0 Å². The fourth-order valence-corrected chi connectivity index (χ4v) is 6.06. The molecule has 0 saturated carbocycles. The summed E-state index contributed by atoms with van der Waals surface area (Å²) >= 11 is 6.39. The van der Waals surface area contributed by atoms with E-state index in [-0.39, 0.29) is 17.6 Å². The summed E-state index contributed by atoms with van der Waals surface area (Å²) in [6.45, 7) is 4.28. The molecule has 2 N–H and O–H groups in total. The largest absolute Gasteiger partial charge is 0.497 e. The maximum absolute atomic E-state index is 13.7. The van der Waals surface area contributed by atoms with Crippen LogP contribution < -0.4 is 20.1 Å². The first-order chi connectivity index (χ1) is 19.3. The minimum Gasteiger partial charge on any atom is -0.497 e. The number of hydrogen-bond acceptors (Lipinski definition) is 8. The Labute approximate surface area is 250 Å². The van der Waals surface area contributed by atoms with Crippen LogP contribution in [0, 0.1) is 5.82 Å². The number of nitrogens with zero attached hydrogens (tertiary/aromatic N) is 2. The van der Waals surface area contributed by atoms with E-state index in [4.69, 9.17) is 14.5 Å². The predicted octanol–water partition coefficient (Wildman–Crippen LogP) is 8.55. The Morgan fingerprint density at radius 3 is 2.75 bits per heavy atom. The molecule has 0 radical (unpaired) electrons. The van der Waals surface area contributed by atoms with Crippen molar-refractivity contribution in [1.82, 2.24) is 15.3 Å². The van der Waals surface area contributed by atoms with E-state index < -0.39 is 0 Å². The van der Waals surface area contributed by atoms with Gasteiger partial charge in [0.05, 0.1) is 17.3 Å². The second-order valence-electron chi connectivity index (χ2n) is 8.94. The van der Waals surface area contributed by atoms with Gasteiger partial charge in [0, 0.05) is 46.8 Å². The van der Waals surface area contributed by atoms with Crippen molar-refractivity contribution in [2.45, 2.75) is 48.8 Å². The topological polar surface area (TPSA) is 85.4 Å². The number of carbonyl (C=O) groups is 1. The van der Waals surface area contributed by atoms with Crippen LogP contribution in [0.15, 0.2) is 74.4 Å². The average Bonchev–Trinajstić information content (AvgIpc) is 3.39. The number of pyridine rings is 1. The summed E-state index contributed by atoms with van der Waals surface area (Å²) < 4.78 is 25.8. The van der Waals surface area contributed by atoms with E-state index in [0.29, 0.717) is 33.5 Å². The van der Waals surface area contributed by atoms with E-state index in [0.717, 1.165) is 40.5 Å². The number of amides is 1. The fourth-order valence-electron chi connectivity index (χ4n) is 3.97. The molecule has 2 heterocycles. The van der Waals surface area contributed by atoms with E-state index in [2.05, 4.69) is 38.5 Å². The monoisotopic (exact) mass is 644 g/mol. The molecule has 1 amide bonds. The van der Waals surface area contributed by atoms with Crippen LogP contribution in [0.2, 0.25) is 0 Å². The molecular weight excluding hydrogens is 615 g/mol. The molecule has 11 heteroatoms. The lowest BCUT2D eigenvalue weighted by Crippen LogP contribution is -2.22. The van der Waals surface area contributed by atoms with Gasteiger partial charge in [0.2, 0.25) is 5.91 Å². The molecule has 2 aromatic carbocycles. The first-order valence-corrected chi connectivity index (χ1v) is 15.2. The van der Waals surface area contributed by atoms with Crippen LogP contribution in [0.1, 0.15) is 44.7 Å². The molecule has 4 aromatic rings. The highest BCUT2D eigenvalue weighted by molar-refractivity contribution is 9.10. The molecule has 0 bridgehead atoms. The number of rotatable bonds is 13. The van der Waals surface area contributed by atoms with E-state index in [1.807, 2.05) is 35.7 Å². The zero-order valence-electron chi connectivity index (χ0n) is 22.4. The van der Waals surface area contributed by atoms with Gasteiger partial charge in [0.15, 0.2) is 16.7 Å². The number of benzene rings is 2. The van der Waals surface area contributed by atoms with Crippen molar-refractivity contribution in [3.63, 3.8) is 0 Å². The smallest absolute Gasteiger partial charge is 0.216 e. The second-order valence-corrected chi connectivity index (χ2v) is 11.8. The van der Waals surface area contributed by atoms with Gasteiger partial charge in [-0.3, -0.25) is 4.79 Å². The van der Waals surface area contributed by atoms with Gasteiger partial charge in [-0.25, -0.2) is 14.4 Å². The van der Waals surface area contributed by atoms with Crippen molar-refractivity contribution in [1.29, 1.82) is 0 Å². The number of anilines is 2. The Morgan fingerprint density at radius 1 is 1.15 bits per heavy atom. The summed E-state index contributed by atoms with van der Waals surface area (Å²) in [5, 5.41) is 8.91. The van der Waals surface area contributed by atoms with Gasteiger partial charge in [-0.05, 0) is 65.2 Å². The highest BCUT2D eigenvalue weighted by Crippen LogP contribution is 2.39. The molecule has 1 unspecified atom stereocenters. The van der Waals surface area contributed by atoms with Crippen LogP contribution >= 0.6 is 39.0 Å². The van der Waals surface area contributed by atoms with Crippen molar-refractivity contribution >= 4 is 55.9 Å². The van der Waals surface area contributed by atoms with Crippen LogP contribution in [0.25, 0.3) is 0 Å².